The molecule has 0 aromatic heterocycles. The van der Waals surface area contributed by atoms with E-state index in [-0.39, 0.29) is 11.9 Å². The minimum Gasteiger partial charge on any atom is -0.469 e. The summed E-state index contributed by atoms with van der Waals surface area (Å²) in [6, 6.07) is 10.3. The van der Waals surface area contributed by atoms with Crippen molar-refractivity contribution in [2.45, 2.75) is 32.2 Å². The molecule has 2 aliphatic rings. The first kappa shape index (κ1) is 15.2. The molecule has 2 atom stereocenters. The van der Waals surface area contributed by atoms with E-state index in [1.807, 2.05) is 18.2 Å². The highest BCUT2D eigenvalue weighted by Crippen LogP contribution is 2.46. The molecule has 1 saturated heterocycles. The molecule has 0 radical (unpaired) electrons. The summed E-state index contributed by atoms with van der Waals surface area (Å²) in [5.41, 5.74) is 0.767. The van der Waals surface area contributed by atoms with Gasteiger partial charge in [0, 0.05) is 25.9 Å². The molecule has 1 aliphatic heterocycles. The molecular formula is C18H23NO3. The zero-order chi connectivity index (χ0) is 15.6. The summed E-state index contributed by atoms with van der Waals surface area (Å²) >= 11 is 0. The second-order valence-corrected chi connectivity index (χ2v) is 6.57. The lowest BCUT2D eigenvalue weighted by Crippen LogP contribution is -2.55. The Labute approximate surface area is 131 Å². The second kappa shape index (κ2) is 6.21. The van der Waals surface area contributed by atoms with Gasteiger partial charge in [0.15, 0.2) is 0 Å². The molecule has 1 aromatic rings. The van der Waals surface area contributed by atoms with Gasteiger partial charge in [-0.25, -0.2) is 0 Å². The van der Waals surface area contributed by atoms with E-state index in [9.17, 15) is 9.59 Å². The normalized spacial score (nSPS) is 29.0. The quantitative estimate of drug-likeness (QED) is 0.804. The minimum atomic E-state index is -0.490. The SMILES string of the molecule is COC(=O)[C@@]12CCC(=O)C[C@H]1CCN(Cc1ccccc1)C2. The Balaban J connectivity index is 1.78. The molecule has 4 nitrogen and oxygen atoms in total. The molecule has 2 fully saturated rings. The van der Waals surface area contributed by atoms with Gasteiger partial charge in [-0.3, -0.25) is 14.5 Å². The van der Waals surface area contributed by atoms with Crippen molar-refractivity contribution >= 4 is 11.8 Å². The van der Waals surface area contributed by atoms with E-state index in [1.54, 1.807) is 0 Å². The van der Waals surface area contributed by atoms with E-state index in [0.717, 1.165) is 19.5 Å². The number of ether oxygens (including phenoxy) is 1. The minimum absolute atomic E-state index is 0.136. The maximum atomic E-state index is 12.5. The molecule has 0 N–H and O–H groups in total. The van der Waals surface area contributed by atoms with Gasteiger partial charge in [-0.1, -0.05) is 30.3 Å². The van der Waals surface area contributed by atoms with Crippen molar-refractivity contribution in [2.75, 3.05) is 20.2 Å². The Bertz CT molecular complexity index is 557. The second-order valence-electron chi connectivity index (χ2n) is 6.57. The zero-order valence-electron chi connectivity index (χ0n) is 13.1. The van der Waals surface area contributed by atoms with E-state index < -0.39 is 5.41 Å². The predicted octanol–water partition coefficient (Wildman–Crippen LogP) is 2.42. The van der Waals surface area contributed by atoms with Crippen LogP contribution in [0.4, 0.5) is 0 Å². The van der Waals surface area contributed by atoms with Gasteiger partial charge in [-0.2, -0.15) is 0 Å². The van der Waals surface area contributed by atoms with E-state index >= 15 is 0 Å². The van der Waals surface area contributed by atoms with Crippen molar-refractivity contribution in [2.24, 2.45) is 11.3 Å². The summed E-state index contributed by atoms with van der Waals surface area (Å²) in [6.07, 6.45) is 2.57. The van der Waals surface area contributed by atoms with Crippen LogP contribution in [-0.2, 0) is 20.9 Å². The number of likely N-dealkylation sites (tertiary alicyclic amines) is 1. The molecule has 0 unspecified atom stereocenters. The molecule has 0 bridgehead atoms. The number of nitrogens with zero attached hydrogens (tertiary/aromatic N) is 1. The van der Waals surface area contributed by atoms with Gasteiger partial charge in [0.2, 0.25) is 0 Å². The number of methoxy groups -OCH3 is 1. The average Bonchev–Trinajstić information content (AvgIpc) is 2.55. The average molecular weight is 301 g/mol. The van der Waals surface area contributed by atoms with Crippen LogP contribution in [0.25, 0.3) is 0 Å². The largest absolute Gasteiger partial charge is 0.469 e. The number of carbonyl (C=O) groups excluding carboxylic acids is 2. The Kier molecular flexibility index (Phi) is 4.30. The van der Waals surface area contributed by atoms with Crippen molar-refractivity contribution in [3.05, 3.63) is 35.9 Å². The van der Waals surface area contributed by atoms with Gasteiger partial charge in [0.05, 0.1) is 12.5 Å². The van der Waals surface area contributed by atoms with Crippen LogP contribution in [0, 0.1) is 11.3 Å². The van der Waals surface area contributed by atoms with Gasteiger partial charge in [-0.05, 0) is 30.9 Å². The molecule has 1 heterocycles. The van der Waals surface area contributed by atoms with Gasteiger partial charge in [-0.15, -0.1) is 0 Å². The fourth-order valence-electron chi connectivity index (χ4n) is 4.05. The zero-order valence-corrected chi connectivity index (χ0v) is 13.1. The van der Waals surface area contributed by atoms with Crippen molar-refractivity contribution in [1.29, 1.82) is 0 Å². The number of hydrogen-bond donors (Lipinski definition) is 0. The maximum absolute atomic E-state index is 12.5. The monoisotopic (exact) mass is 301 g/mol. The predicted molar refractivity (Wildman–Crippen MR) is 83.1 cm³/mol. The lowest BCUT2D eigenvalue weighted by Gasteiger charge is -2.48. The number of carbonyl (C=O) groups is 2. The van der Waals surface area contributed by atoms with Crippen LogP contribution in [0.15, 0.2) is 30.3 Å². The standard InChI is InChI=1S/C18H23NO3/c1-22-17(21)18-9-7-16(20)11-15(18)8-10-19(13-18)12-14-5-3-2-4-6-14/h2-6,15H,7-13H2,1H3/t15-,18-/m1/s1. The summed E-state index contributed by atoms with van der Waals surface area (Å²) in [5.74, 6) is 0.303. The molecule has 3 rings (SSSR count). The number of rotatable bonds is 3. The first-order chi connectivity index (χ1) is 10.6. The fourth-order valence-corrected chi connectivity index (χ4v) is 4.05. The Morgan fingerprint density at radius 1 is 1.36 bits per heavy atom. The highest BCUT2D eigenvalue weighted by Gasteiger charge is 2.52. The number of esters is 1. The number of piperidine rings is 1. The third kappa shape index (κ3) is 2.80. The van der Waals surface area contributed by atoms with Crippen LogP contribution in [0.2, 0.25) is 0 Å². The van der Waals surface area contributed by atoms with Gasteiger partial charge < -0.3 is 4.74 Å². The lowest BCUT2D eigenvalue weighted by molar-refractivity contribution is -0.166. The summed E-state index contributed by atoms with van der Waals surface area (Å²) < 4.78 is 5.11. The Hall–Kier alpha value is -1.68. The number of benzene rings is 1. The molecule has 22 heavy (non-hydrogen) atoms. The smallest absolute Gasteiger partial charge is 0.313 e. The van der Waals surface area contributed by atoms with Crippen LogP contribution >= 0.6 is 0 Å². The molecule has 1 aliphatic carbocycles. The van der Waals surface area contributed by atoms with Crippen LogP contribution in [0.3, 0.4) is 0 Å². The molecule has 0 spiro atoms. The molecular weight excluding hydrogens is 278 g/mol. The topological polar surface area (TPSA) is 46.6 Å². The van der Waals surface area contributed by atoms with E-state index in [2.05, 4.69) is 17.0 Å². The van der Waals surface area contributed by atoms with Crippen molar-refractivity contribution < 1.29 is 14.3 Å². The third-order valence-corrected chi connectivity index (χ3v) is 5.25. The molecule has 0 amide bonds. The highest BCUT2D eigenvalue weighted by molar-refractivity contribution is 5.85. The first-order valence-electron chi connectivity index (χ1n) is 8.00. The van der Waals surface area contributed by atoms with E-state index in [1.165, 1.54) is 12.7 Å². The van der Waals surface area contributed by atoms with Crippen molar-refractivity contribution in [3.8, 4) is 0 Å². The van der Waals surface area contributed by atoms with Crippen LogP contribution in [-0.4, -0.2) is 36.9 Å². The number of Topliss-reactive ketones (excluding diaryl/α,β-unsaturated/α-hetero) is 1. The first-order valence-corrected chi connectivity index (χ1v) is 8.00. The van der Waals surface area contributed by atoms with Gasteiger partial charge in [0.1, 0.15) is 5.78 Å². The maximum Gasteiger partial charge on any atom is 0.313 e. The fraction of sp³-hybridized carbons (Fsp3) is 0.556. The lowest BCUT2D eigenvalue weighted by atomic mass is 9.62. The summed E-state index contributed by atoms with van der Waals surface area (Å²) in [7, 11) is 1.46. The summed E-state index contributed by atoms with van der Waals surface area (Å²) in [6.45, 7) is 2.48. The van der Waals surface area contributed by atoms with E-state index in [0.29, 0.717) is 31.6 Å². The van der Waals surface area contributed by atoms with E-state index in [4.69, 9.17) is 4.74 Å². The van der Waals surface area contributed by atoms with Crippen molar-refractivity contribution in [1.82, 2.24) is 4.90 Å². The van der Waals surface area contributed by atoms with Crippen LogP contribution in [0.1, 0.15) is 31.2 Å². The van der Waals surface area contributed by atoms with Crippen LogP contribution < -0.4 is 0 Å². The summed E-state index contributed by atoms with van der Waals surface area (Å²) in [4.78, 5) is 26.6. The molecule has 1 saturated carbocycles. The number of hydrogen-bond acceptors (Lipinski definition) is 4. The Morgan fingerprint density at radius 3 is 2.86 bits per heavy atom. The summed E-state index contributed by atoms with van der Waals surface area (Å²) in [5, 5.41) is 0. The Morgan fingerprint density at radius 2 is 2.14 bits per heavy atom. The molecule has 4 heteroatoms. The van der Waals surface area contributed by atoms with Gasteiger partial charge in [0.25, 0.3) is 0 Å². The third-order valence-electron chi connectivity index (χ3n) is 5.25. The number of ketones is 1. The molecule has 1 aromatic carbocycles. The van der Waals surface area contributed by atoms with Crippen molar-refractivity contribution in [3.63, 3.8) is 0 Å². The number of fused-ring (bicyclic) bond motifs is 1. The van der Waals surface area contributed by atoms with Gasteiger partial charge >= 0.3 is 5.97 Å². The van der Waals surface area contributed by atoms with Crippen LogP contribution in [0.5, 0.6) is 0 Å². The molecule has 118 valence electrons. The highest BCUT2D eigenvalue weighted by atomic mass is 16.5.